The molecular weight excluding hydrogens is 270 g/mol. The second-order valence-corrected chi connectivity index (χ2v) is 6.82. The van der Waals surface area contributed by atoms with E-state index in [1.165, 1.54) is 34.6 Å². The molecule has 1 fully saturated rings. The van der Waals surface area contributed by atoms with Gasteiger partial charge in [-0.1, -0.05) is 6.92 Å². The summed E-state index contributed by atoms with van der Waals surface area (Å²) in [6.07, 6.45) is 5.12. The standard InChI is InChI=1S/C16H27NO2S/c1-3-7-17-10-16-9-14(13(2)20-16)11-18-12-15-6-4-5-8-19-15/h9,15,17H,3-8,10-12H2,1-2H3. The Morgan fingerprint density at radius 3 is 3.10 bits per heavy atom. The summed E-state index contributed by atoms with van der Waals surface area (Å²) in [7, 11) is 0. The molecule has 1 aliphatic rings. The highest BCUT2D eigenvalue weighted by molar-refractivity contribution is 7.12. The van der Waals surface area contributed by atoms with Crippen molar-refractivity contribution in [2.24, 2.45) is 0 Å². The van der Waals surface area contributed by atoms with Gasteiger partial charge in [0.15, 0.2) is 0 Å². The normalized spacial score (nSPS) is 19.4. The minimum absolute atomic E-state index is 0.313. The van der Waals surface area contributed by atoms with Crippen LogP contribution in [0.15, 0.2) is 6.07 Å². The third kappa shape index (κ3) is 5.17. The van der Waals surface area contributed by atoms with E-state index in [2.05, 4.69) is 25.2 Å². The maximum atomic E-state index is 5.84. The van der Waals surface area contributed by atoms with Crippen LogP contribution in [0.5, 0.6) is 0 Å². The molecule has 1 aliphatic heterocycles. The quantitative estimate of drug-likeness (QED) is 0.743. The molecule has 20 heavy (non-hydrogen) atoms. The predicted octanol–water partition coefficient (Wildman–Crippen LogP) is 3.64. The van der Waals surface area contributed by atoms with Crippen LogP contribution in [-0.2, 0) is 22.6 Å². The van der Waals surface area contributed by atoms with Crippen molar-refractivity contribution in [3.05, 3.63) is 21.4 Å². The van der Waals surface area contributed by atoms with E-state index < -0.39 is 0 Å². The Kier molecular flexibility index (Phi) is 7.00. The van der Waals surface area contributed by atoms with Gasteiger partial charge in [0.1, 0.15) is 0 Å². The lowest BCUT2D eigenvalue weighted by molar-refractivity contribution is -0.0447. The van der Waals surface area contributed by atoms with Crippen LogP contribution in [-0.4, -0.2) is 25.9 Å². The summed E-state index contributed by atoms with van der Waals surface area (Å²) in [6.45, 7) is 8.80. The molecule has 0 spiro atoms. The third-order valence-electron chi connectivity index (χ3n) is 3.63. The van der Waals surface area contributed by atoms with Crippen molar-refractivity contribution in [3.63, 3.8) is 0 Å². The molecule has 114 valence electrons. The molecular formula is C16H27NO2S. The average molecular weight is 297 g/mol. The lowest BCUT2D eigenvalue weighted by Gasteiger charge is -2.22. The predicted molar refractivity (Wildman–Crippen MR) is 84.3 cm³/mol. The Labute approximate surface area is 126 Å². The molecule has 3 nitrogen and oxygen atoms in total. The number of nitrogens with one attached hydrogen (secondary N) is 1. The summed E-state index contributed by atoms with van der Waals surface area (Å²) in [5.41, 5.74) is 1.33. The first-order chi connectivity index (χ1) is 9.79. The van der Waals surface area contributed by atoms with Crippen molar-refractivity contribution in [1.82, 2.24) is 5.32 Å². The number of aryl methyl sites for hydroxylation is 1. The maximum Gasteiger partial charge on any atom is 0.0808 e. The van der Waals surface area contributed by atoms with Crippen molar-refractivity contribution in [2.45, 2.75) is 58.8 Å². The minimum Gasteiger partial charge on any atom is -0.376 e. The topological polar surface area (TPSA) is 30.5 Å². The lowest BCUT2D eigenvalue weighted by Crippen LogP contribution is -2.24. The highest BCUT2D eigenvalue weighted by Crippen LogP contribution is 2.22. The molecule has 0 saturated carbocycles. The number of hydrogen-bond donors (Lipinski definition) is 1. The number of ether oxygens (including phenoxy) is 2. The van der Waals surface area contributed by atoms with E-state index in [4.69, 9.17) is 9.47 Å². The average Bonchev–Trinajstić information content (AvgIpc) is 2.81. The van der Waals surface area contributed by atoms with Gasteiger partial charge in [-0.05, 0) is 50.8 Å². The van der Waals surface area contributed by atoms with E-state index in [1.54, 1.807) is 0 Å². The molecule has 1 aromatic rings. The van der Waals surface area contributed by atoms with Gasteiger partial charge in [-0.15, -0.1) is 11.3 Å². The largest absolute Gasteiger partial charge is 0.376 e. The van der Waals surface area contributed by atoms with Crippen LogP contribution in [0.25, 0.3) is 0 Å². The van der Waals surface area contributed by atoms with Crippen molar-refractivity contribution in [1.29, 1.82) is 0 Å². The molecule has 0 aromatic carbocycles. The lowest BCUT2D eigenvalue weighted by atomic mass is 10.1. The van der Waals surface area contributed by atoms with Gasteiger partial charge >= 0.3 is 0 Å². The molecule has 0 amide bonds. The summed E-state index contributed by atoms with van der Waals surface area (Å²) in [4.78, 5) is 2.78. The number of hydrogen-bond acceptors (Lipinski definition) is 4. The fraction of sp³-hybridized carbons (Fsp3) is 0.750. The van der Waals surface area contributed by atoms with E-state index in [-0.39, 0.29) is 0 Å². The summed E-state index contributed by atoms with van der Waals surface area (Å²) >= 11 is 1.88. The Balaban J connectivity index is 1.71. The summed E-state index contributed by atoms with van der Waals surface area (Å²) in [5.74, 6) is 0. The molecule has 4 heteroatoms. The zero-order valence-electron chi connectivity index (χ0n) is 12.7. The highest BCUT2D eigenvalue weighted by atomic mass is 32.1. The van der Waals surface area contributed by atoms with Gasteiger partial charge in [0.25, 0.3) is 0 Å². The number of rotatable bonds is 8. The molecule has 1 saturated heterocycles. The Bertz CT molecular complexity index is 386. The summed E-state index contributed by atoms with van der Waals surface area (Å²) in [6, 6.07) is 2.28. The van der Waals surface area contributed by atoms with Crippen molar-refractivity contribution in [2.75, 3.05) is 19.8 Å². The van der Waals surface area contributed by atoms with E-state index in [0.29, 0.717) is 6.10 Å². The minimum atomic E-state index is 0.313. The second kappa shape index (κ2) is 8.78. The van der Waals surface area contributed by atoms with Crippen LogP contribution < -0.4 is 5.32 Å². The first kappa shape index (κ1) is 16.0. The fourth-order valence-electron chi connectivity index (χ4n) is 2.45. The Hall–Kier alpha value is -0.420. The fourth-order valence-corrected chi connectivity index (χ4v) is 3.46. The maximum absolute atomic E-state index is 5.84. The van der Waals surface area contributed by atoms with Gasteiger partial charge in [-0.2, -0.15) is 0 Å². The Morgan fingerprint density at radius 2 is 2.35 bits per heavy atom. The van der Waals surface area contributed by atoms with Crippen LogP contribution in [0.4, 0.5) is 0 Å². The van der Waals surface area contributed by atoms with Crippen molar-refractivity contribution in [3.8, 4) is 0 Å². The van der Waals surface area contributed by atoms with Crippen molar-refractivity contribution >= 4 is 11.3 Å². The van der Waals surface area contributed by atoms with Gasteiger partial charge in [0.05, 0.1) is 19.3 Å². The summed E-state index contributed by atoms with van der Waals surface area (Å²) < 4.78 is 11.5. The smallest absolute Gasteiger partial charge is 0.0808 e. The van der Waals surface area contributed by atoms with E-state index >= 15 is 0 Å². The zero-order chi connectivity index (χ0) is 14.2. The molecule has 1 aromatic heterocycles. The van der Waals surface area contributed by atoms with E-state index in [9.17, 15) is 0 Å². The van der Waals surface area contributed by atoms with Crippen LogP contribution in [0.3, 0.4) is 0 Å². The van der Waals surface area contributed by atoms with Crippen molar-refractivity contribution < 1.29 is 9.47 Å². The van der Waals surface area contributed by atoms with Gasteiger partial charge in [0.2, 0.25) is 0 Å². The molecule has 0 radical (unpaired) electrons. The van der Waals surface area contributed by atoms with Crippen LogP contribution >= 0.6 is 11.3 Å². The molecule has 0 aliphatic carbocycles. The first-order valence-corrected chi connectivity index (χ1v) is 8.59. The third-order valence-corrected chi connectivity index (χ3v) is 4.73. The summed E-state index contributed by atoms with van der Waals surface area (Å²) in [5, 5.41) is 3.45. The molecule has 1 unspecified atom stereocenters. The monoisotopic (exact) mass is 297 g/mol. The van der Waals surface area contributed by atoms with Gasteiger partial charge in [0, 0.05) is 22.9 Å². The van der Waals surface area contributed by atoms with Gasteiger partial charge < -0.3 is 14.8 Å². The number of thiophene rings is 1. The second-order valence-electron chi connectivity index (χ2n) is 5.47. The first-order valence-electron chi connectivity index (χ1n) is 7.78. The SMILES string of the molecule is CCCNCc1cc(COCC2CCCCO2)c(C)s1. The van der Waals surface area contributed by atoms with Crippen LogP contribution in [0, 0.1) is 6.92 Å². The van der Waals surface area contributed by atoms with Crippen LogP contribution in [0.2, 0.25) is 0 Å². The molecule has 1 N–H and O–H groups in total. The van der Waals surface area contributed by atoms with Gasteiger partial charge in [-0.25, -0.2) is 0 Å². The molecule has 2 rings (SSSR count). The van der Waals surface area contributed by atoms with E-state index in [0.717, 1.165) is 39.3 Å². The molecule has 0 bridgehead atoms. The zero-order valence-corrected chi connectivity index (χ0v) is 13.6. The Morgan fingerprint density at radius 1 is 1.45 bits per heavy atom. The molecule has 2 heterocycles. The van der Waals surface area contributed by atoms with E-state index in [1.807, 2.05) is 11.3 Å². The van der Waals surface area contributed by atoms with Crippen LogP contribution in [0.1, 0.15) is 47.9 Å². The molecule has 1 atom stereocenters. The van der Waals surface area contributed by atoms with Gasteiger partial charge in [-0.3, -0.25) is 0 Å². The highest BCUT2D eigenvalue weighted by Gasteiger charge is 2.14.